The highest BCUT2D eigenvalue weighted by atomic mass is 19.1. The van der Waals surface area contributed by atoms with E-state index in [-0.39, 0.29) is 5.82 Å². The summed E-state index contributed by atoms with van der Waals surface area (Å²) in [6, 6.07) is 6.52. The van der Waals surface area contributed by atoms with Gasteiger partial charge in [0.2, 0.25) is 5.96 Å². The van der Waals surface area contributed by atoms with E-state index in [1.165, 1.54) is 6.07 Å². The molecule has 86 valence electrons. The molecule has 2 rings (SSSR count). The number of guanidine groups is 1. The molecule has 1 aromatic carbocycles. The first-order valence-corrected chi connectivity index (χ1v) is 5.29. The Kier molecular flexibility index (Phi) is 3.24. The molecular formula is C11H15FN4. The van der Waals surface area contributed by atoms with Gasteiger partial charge in [0.1, 0.15) is 5.82 Å². The minimum Gasteiger partial charge on any atom is -0.345 e. The van der Waals surface area contributed by atoms with Crippen LogP contribution in [0.1, 0.15) is 6.42 Å². The van der Waals surface area contributed by atoms with Gasteiger partial charge in [0.05, 0.1) is 5.69 Å². The zero-order valence-electron chi connectivity index (χ0n) is 9.20. The maximum absolute atomic E-state index is 13.3. The quantitative estimate of drug-likeness (QED) is 0.744. The number of hydrogen-bond acceptors (Lipinski definition) is 4. The lowest BCUT2D eigenvalue weighted by Crippen LogP contribution is -2.44. The van der Waals surface area contributed by atoms with Crippen molar-refractivity contribution in [3.05, 3.63) is 30.1 Å². The topological polar surface area (TPSA) is 39.7 Å². The Bertz CT molecular complexity index is 391. The molecule has 1 aliphatic heterocycles. The van der Waals surface area contributed by atoms with Crippen LogP contribution in [0.25, 0.3) is 0 Å². The van der Waals surface area contributed by atoms with Gasteiger partial charge in [0.15, 0.2) is 0 Å². The van der Waals surface area contributed by atoms with Crippen LogP contribution >= 0.6 is 0 Å². The number of nitrogens with zero attached hydrogens (tertiary/aromatic N) is 2. The maximum atomic E-state index is 13.3. The van der Waals surface area contributed by atoms with Crippen molar-refractivity contribution in [2.45, 2.75) is 6.42 Å². The normalized spacial score (nSPS) is 15.6. The minimum absolute atomic E-state index is 0.283. The minimum atomic E-state index is -0.283. The van der Waals surface area contributed by atoms with Gasteiger partial charge in [-0.15, -0.1) is 0 Å². The van der Waals surface area contributed by atoms with Crippen LogP contribution in [0.3, 0.4) is 0 Å². The van der Waals surface area contributed by atoms with Crippen LogP contribution in [0.4, 0.5) is 10.1 Å². The molecule has 5 heteroatoms. The molecule has 0 aromatic heterocycles. The molecule has 1 heterocycles. The largest absolute Gasteiger partial charge is 0.345 e. The Morgan fingerprint density at radius 2 is 2.12 bits per heavy atom. The molecule has 0 fully saturated rings. The smallest absolute Gasteiger partial charge is 0.212 e. The van der Waals surface area contributed by atoms with Crippen LogP contribution in [0.15, 0.2) is 29.3 Å². The van der Waals surface area contributed by atoms with E-state index in [9.17, 15) is 4.39 Å². The Morgan fingerprint density at radius 3 is 2.88 bits per heavy atom. The fourth-order valence-corrected chi connectivity index (χ4v) is 1.54. The zero-order chi connectivity index (χ0) is 11.4. The lowest BCUT2D eigenvalue weighted by molar-refractivity contribution is 0.451. The number of hydrogen-bond donors (Lipinski definition) is 2. The second-order valence-corrected chi connectivity index (χ2v) is 3.71. The van der Waals surface area contributed by atoms with Gasteiger partial charge >= 0.3 is 0 Å². The number of aliphatic imine (C=N–C) groups is 1. The predicted molar refractivity (Wildman–Crippen MR) is 62.7 cm³/mol. The van der Waals surface area contributed by atoms with Crippen molar-refractivity contribution in [2.75, 3.05) is 25.6 Å². The van der Waals surface area contributed by atoms with Gasteiger partial charge in [-0.2, -0.15) is 0 Å². The first-order valence-electron chi connectivity index (χ1n) is 5.29. The summed E-state index contributed by atoms with van der Waals surface area (Å²) in [7, 11) is 1.95. The number of hydrazine groups is 1. The van der Waals surface area contributed by atoms with Crippen LogP contribution < -0.4 is 10.9 Å². The Morgan fingerprint density at radius 1 is 1.31 bits per heavy atom. The van der Waals surface area contributed by atoms with Crippen molar-refractivity contribution in [1.82, 2.24) is 10.3 Å². The number of halogens is 1. The van der Waals surface area contributed by atoms with Gasteiger partial charge < -0.3 is 4.90 Å². The Hall–Kier alpha value is -1.78. The summed E-state index contributed by atoms with van der Waals surface area (Å²) >= 11 is 0. The van der Waals surface area contributed by atoms with Crippen LogP contribution in [0, 0.1) is 5.82 Å². The molecule has 0 amide bonds. The summed E-state index contributed by atoms with van der Waals surface area (Å²) in [6.07, 6.45) is 1.06. The van der Waals surface area contributed by atoms with E-state index in [2.05, 4.69) is 15.8 Å². The van der Waals surface area contributed by atoms with E-state index in [0.29, 0.717) is 5.69 Å². The van der Waals surface area contributed by atoms with Crippen LogP contribution in [0.5, 0.6) is 0 Å². The zero-order valence-corrected chi connectivity index (χ0v) is 9.20. The molecule has 16 heavy (non-hydrogen) atoms. The molecule has 0 atom stereocenters. The number of benzene rings is 1. The van der Waals surface area contributed by atoms with Crippen LogP contribution in [0.2, 0.25) is 0 Å². The fraction of sp³-hybridized carbons (Fsp3) is 0.364. The highest BCUT2D eigenvalue weighted by molar-refractivity contribution is 5.81. The molecule has 1 aliphatic rings. The van der Waals surface area contributed by atoms with Crippen molar-refractivity contribution in [2.24, 2.45) is 4.99 Å². The van der Waals surface area contributed by atoms with Gasteiger partial charge in [0.25, 0.3) is 0 Å². The molecule has 4 nitrogen and oxygen atoms in total. The van der Waals surface area contributed by atoms with Crippen molar-refractivity contribution in [1.29, 1.82) is 0 Å². The van der Waals surface area contributed by atoms with Gasteiger partial charge in [-0.3, -0.25) is 15.8 Å². The number of anilines is 1. The van der Waals surface area contributed by atoms with E-state index >= 15 is 0 Å². The molecule has 0 saturated heterocycles. The van der Waals surface area contributed by atoms with Gasteiger partial charge in [-0.25, -0.2) is 4.39 Å². The first-order chi connectivity index (χ1) is 7.77. The highest BCUT2D eigenvalue weighted by Gasteiger charge is 2.10. The monoisotopic (exact) mass is 222 g/mol. The highest BCUT2D eigenvalue weighted by Crippen LogP contribution is 2.11. The van der Waals surface area contributed by atoms with Crippen LogP contribution in [-0.4, -0.2) is 31.0 Å². The predicted octanol–water partition coefficient (Wildman–Crippen LogP) is 1.43. The molecule has 0 bridgehead atoms. The summed E-state index contributed by atoms with van der Waals surface area (Å²) in [5.74, 6) is 0.462. The SMILES string of the molecule is CN1CCCN=C1NNc1ccccc1F. The number of para-hydroxylation sites is 1. The van der Waals surface area contributed by atoms with Gasteiger partial charge in [0, 0.05) is 20.1 Å². The summed E-state index contributed by atoms with van der Waals surface area (Å²) < 4.78 is 13.3. The molecule has 0 unspecified atom stereocenters. The van der Waals surface area contributed by atoms with E-state index in [1.807, 2.05) is 11.9 Å². The van der Waals surface area contributed by atoms with Crippen molar-refractivity contribution in [3.8, 4) is 0 Å². The molecule has 0 aliphatic carbocycles. The standard InChI is InChI=1S/C11H15FN4/c1-16-8-4-7-13-11(16)15-14-10-6-3-2-5-9(10)12/h2-3,5-6,14H,4,7-8H2,1H3,(H,13,15). The molecule has 0 saturated carbocycles. The average Bonchev–Trinajstić information content (AvgIpc) is 2.30. The fourth-order valence-electron chi connectivity index (χ4n) is 1.54. The third-order valence-corrected chi connectivity index (χ3v) is 2.46. The van der Waals surface area contributed by atoms with Crippen molar-refractivity contribution in [3.63, 3.8) is 0 Å². The summed E-state index contributed by atoms with van der Waals surface area (Å²) in [5, 5.41) is 0. The van der Waals surface area contributed by atoms with Gasteiger partial charge in [-0.05, 0) is 18.6 Å². The third-order valence-electron chi connectivity index (χ3n) is 2.46. The van der Waals surface area contributed by atoms with Crippen molar-refractivity contribution >= 4 is 11.6 Å². The summed E-state index contributed by atoms with van der Waals surface area (Å²) in [4.78, 5) is 6.30. The first kappa shape index (κ1) is 10.7. The second kappa shape index (κ2) is 4.83. The molecule has 0 radical (unpaired) electrons. The summed E-state index contributed by atoms with van der Waals surface area (Å²) in [5.41, 5.74) is 6.15. The lowest BCUT2D eigenvalue weighted by atomic mass is 10.3. The number of rotatable bonds is 2. The lowest BCUT2D eigenvalue weighted by Gasteiger charge is -2.26. The summed E-state index contributed by atoms with van der Waals surface area (Å²) in [6.45, 7) is 1.77. The maximum Gasteiger partial charge on any atom is 0.212 e. The van der Waals surface area contributed by atoms with Crippen molar-refractivity contribution < 1.29 is 4.39 Å². The Labute approximate surface area is 94.1 Å². The molecule has 1 aromatic rings. The van der Waals surface area contributed by atoms with Crippen LogP contribution in [-0.2, 0) is 0 Å². The average molecular weight is 222 g/mol. The third kappa shape index (κ3) is 2.42. The molecule has 0 spiro atoms. The number of nitrogens with one attached hydrogen (secondary N) is 2. The Balaban J connectivity index is 1.97. The molecular weight excluding hydrogens is 207 g/mol. The van der Waals surface area contributed by atoms with E-state index in [0.717, 1.165) is 25.5 Å². The molecule has 2 N–H and O–H groups in total. The van der Waals surface area contributed by atoms with E-state index in [1.54, 1.807) is 18.2 Å². The second-order valence-electron chi connectivity index (χ2n) is 3.71. The van der Waals surface area contributed by atoms with Gasteiger partial charge in [-0.1, -0.05) is 12.1 Å². The van der Waals surface area contributed by atoms with E-state index < -0.39 is 0 Å². The van der Waals surface area contributed by atoms with E-state index in [4.69, 9.17) is 0 Å².